The van der Waals surface area contributed by atoms with E-state index >= 15 is 0 Å². The molecule has 0 radical (unpaired) electrons. The number of nitrogens with zero attached hydrogens (tertiary/aromatic N) is 1. The van der Waals surface area contributed by atoms with E-state index in [9.17, 15) is 9.18 Å². The van der Waals surface area contributed by atoms with Gasteiger partial charge in [-0.2, -0.15) is 0 Å². The number of halogens is 1. The first-order valence-electron chi connectivity index (χ1n) is 5.61. The zero-order valence-electron chi connectivity index (χ0n) is 9.43. The third kappa shape index (κ3) is 2.74. The Morgan fingerprint density at radius 1 is 1.41 bits per heavy atom. The number of benzene rings is 1. The lowest BCUT2D eigenvalue weighted by Gasteiger charge is -2.29. The number of hydrogen-bond acceptors (Lipinski definition) is 4. The first kappa shape index (κ1) is 11.9. The zero-order valence-corrected chi connectivity index (χ0v) is 9.43. The molecule has 0 amide bonds. The highest BCUT2D eigenvalue weighted by Crippen LogP contribution is 2.30. The molecule has 4 nitrogen and oxygen atoms in total. The average molecular weight is 238 g/mol. The number of hydrogen-bond donors (Lipinski definition) is 1. The third-order valence-electron chi connectivity index (χ3n) is 3.11. The summed E-state index contributed by atoms with van der Waals surface area (Å²) in [6.07, 6.45) is 1.52. The van der Waals surface area contributed by atoms with Crippen LogP contribution in [0.15, 0.2) is 18.2 Å². The second kappa shape index (κ2) is 5.14. The van der Waals surface area contributed by atoms with Gasteiger partial charge in [0.15, 0.2) is 0 Å². The summed E-state index contributed by atoms with van der Waals surface area (Å²) in [7, 11) is 0. The number of rotatable bonds is 3. The molecule has 1 saturated heterocycles. The molecule has 1 aliphatic rings. The van der Waals surface area contributed by atoms with E-state index in [4.69, 9.17) is 10.6 Å². The van der Waals surface area contributed by atoms with E-state index in [1.807, 2.05) is 0 Å². The maximum absolute atomic E-state index is 13.6. The molecule has 0 saturated carbocycles. The van der Waals surface area contributed by atoms with Gasteiger partial charge in [0.1, 0.15) is 5.82 Å². The fourth-order valence-corrected chi connectivity index (χ4v) is 2.21. The maximum Gasteiger partial charge on any atom is 0.312 e. The van der Waals surface area contributed by atoms with E-state index in [0.717, 1.165) is 12.8 Å². The number of carbonyl (C=O) groups excluding carboxylic acids is 1. The molecule has 1 aromatic rings. The van der Waals surface area contributed by atoms with Gasteiger partial charge < -0.3 is 10.6 Å². The Hall–Kier alpha value is -1.62. The van der Waals surface area contributed by atoms with Gasteiger partial charge in [-0.15, -0.1) is 5.06 Å². The lowest BCUT2D eigenvalue weighted by molar-refractivity contribution is -0.178. The summed E-state index contributed by atoms with van der Waals surface area (Å²) in [6.45, 7) is 1.66. The predicted molar refractivity (Wildman–Crippen MR) is 61.5 cm³/mol. The van der Waals surface area contributed by atoms with Crippen LogP contribution in [-0.2, 0) is 9.63 Å². The number of piperidine rings is 1. The highest BCUT2D eigenvalue weighted by atomic mass is 19.1. The van der Waals surface area contributed by atoms with Crippen LogP contribution in [-0.4, -0.2) is 24.6 Å². The predicted octanol–water partition coefficient (Wildman–Crippen LogP) is 1.68. The fourth-order valence-electron chi connectivity index (χ4n) is 2.21. The van der Waals surface area contributed by atoms with Crippen LogP contribution in [0.5, 0.6) is 0 Å². The largest absolute Gasteiger partial charge is 0.399 e. The summed E-state index contributed by atoms with van der Waals surface area (Å²) < 4.78 is 13.6. The van der Waals surface area contributed by atoms with Crippen molar-refractivity contribution < 1.29 is 14.0 Å². The maximum atomic E-state index is 13.6. The molecular formula is C12H15FN2O2. The van der Waals surface area contributed by atoms with Crippen LogP contribution in [0.4, 0.5) is 10.1 Å². The van der Waals surface area contributed by atoms with Crippen LogP contribution in [0, 0.1) is 5.82 Å². The quantitative estimate of drug-likeness (QED) is 0.643. The smallest absolute Gasteiger partial charge is 0.312 e. The van der Waals surface area contributed by atoms with E-state index in [-0.39, 0.29) is 11.7 Å². The van der Waals surface area contributed by atoms with Gasteiger partial charge in [0, 0.05) is 18.8 Å². The van der Waals surface area contributed by atoms with Gasteiger partial charge in [-0.1, -0.05) is 0 Å². The highest BCUT2D eigenvalue weighted by Gasteiger charge is 2.23. The van der Waals surface area contributed by atoms with Crippen LogP contribution in [0.1, 0.15) is 24.3 Å². The number of anilines is 1. The summed E-state index contributed by atoms with van der Waals surface area (Å²) in [5.74, 6) is -0.0704. The molecule has 5 heteroatoms. The van der Waals surface area contributed by atoms with Crippen LogP contribution in [0.2, 0.25) is 0 Å². The number of carbonyl (C=O) groups is 1. The summed E-state index contributed by atoms with van der Waals surface area (Å²) in [4.78, 5) is 14.9. The number of nitrogens with two attached hydrogens (primary N) is 1. The molecule has 0 spiro atoms. The second-order valence-corrected chi connectivity index (χ2v) is 4.19. The Labute approximate surface area is 99.1 Å². The van der Waals surface area contributed by atoms with Crippen LogP contribution in [0.3, 0.4) is 0 Å². The molecule has 2 N–H and O–H groups in total. The van der Waals surface area contributed by atoms with Crippen molar-refractivity contribution in [3.63, 3.8) is 0 Å². The van der Waals surface area contributed by atoms with Gasteiger partial charge in [0.25, 0.3) is 0 Å². The second-order valence-electron chi connectivity index (χ2n) is 4.19. The summed E-state index contributed by atoms with van der Waals surface area (Å²) in [5, 5.41) is 1.59. The molecule has 1 fully saturated rings. The van der Waals surface area contributed by atoms with Crippen molar-refractivity contribution in [3.05, 3.63) is 29.6 Å². The van der Waals surface area contributed by atoms with Crippen LogP contribution < -0.4 is 5.73 Å². The van der Waals surface area contributed by atoms with E-state index < -0.39 is 0 Å². The molecular weight excluding hydrogens is 223 g/mol. The van der Waals surface area contributed by atoms with Crippen LogP contribution >= 0.6 is 0 Å². The van der Waals surface area contributed by atoms with E-state index in [2.05, 4.69) is 0 Å². The van der Waals surface area contributed by atoms with Gasteiger partial charge in [-0.05, 0) is 42.5 Å². The van der Waals surface area contributed by atoms with Crippen molar-refractivity contribution in [1.82, 2.24) is 5.06 Å². The first-order chi connectivity index (χ1) is 8.20. The van der Waals surface area contributed by atoms with Gasteiger partial charge in [-0.25, -0.2) is 4.39 Å². The number of hydroxylamine groups is 2. The summed E-state index contributed by atoms with van der Waals surface area (Å²) >= 11 is 0. The Morgan fingerprint density at radius 2 is 2.12 bits per heavy atom. The topological polar surface area (TPSA) is 55.6 Å². The lowest BCUT2D eigenvalue weighted by Crippen LogP contribution is -2.32. The minimum Gasteiger partial charge on any atom is -0.399 e. The monoisotopic (exact) mass is 238 g/mol. The molecule has 0 atom stereocenters. The molecule has 1 aromatic carbocycles. The zero-order chi connectivity index (χ0) is 12.3. The van der Waals surface area contributed by atoms with Gasteiger partial charge >= 0.3 is 6.47 Å². The highest BCUT2D eigenvalue weighted by molar-refractivity contribution is 5.42. The molecule has 2 rings (SSSR count). The molecule has 0 aromatic heterocycles. The van der Waals surface area contributed by atoms with E-state index in [0.29, 0.717) is 30.8 Å². The standard InChI is InChI=1S/C12H15FN2O2/c13-12-2-1-10(14)7-11(12)9-3-5-15(6-4-9)17-8-16/h1-2,7-9H,3-6,14H2. The molecule has 0 bridgehead atoms. The fraction of sp³-hybridized carbons (Fsp3) is 0.417. The minimum absolute atomic E-state index is 0.144. The van der Waals surface area contributed by atoms with Crippen molar-refractivity contribution in [2.45, 2.75) is 18.8 Å². The molecule has 0 unspecified atom stereocenters. The van der Waals surface area contributed by atoms with Crippen molar-refractivity contribution in [3.8, 4) is 0 Å². The summed E-state index contributed by atoms with van der Waals surface area (Å²) in [5.41, 5.74) is 6.90. The Bertz CT molecular complexity index is 403. The molecule has 1 aliphatic heterocycles. The Kier molecular flexibility index (Phi) is 3.58. The van der Waals surface area contributed by atoms with E-state index in [1.54, 1.807) is 17.2 Å². The SMILES string of the molecule is Nc1ccc(F)c(C2CCN(OC=O)CC2)c1. The minimum atomic E-state index is -0.214. The first-order valence-corrected chi connectivity index (χ1v) is 5.61. The van der Waals surface area contributed by atoms with Crippen molar-refractivity contribution in [1.29, 1.82) is 0 Å². The van der Waals surface area contributed by atoms with Crippen LogP contribution in [0.25, 0.3) is 0 Å². The van der Waals surface area contributed by atoms with Crippen molar-refractivity contribution in [2.24, 2.45) is 0 Å². The van der Waals surface area contributed by atoms with Crippen molar-refractivity contribution in [2.75, 3.05) is 18.8 Å². The Balaban J connectivity index is 2.05. The third-order valence-corrected chi connectivity index (χ3v) is 3.11. The molecule has 17 heavy (non-hydrogen) atoms. The molecule has 92 valence electrons. The number of nitrogen functional groups attached to an aromatic ring is 1. The van der Waals surface area contributed by atoms with Gasteiger partial charge in [0.05, 0.1) is 0 Å². The lowest BCUT2D eigenvalue weighted by atomic mass is 9.89. The van der Waals surface area contributed by atoms with E-state index in [1.165, 1.54) is 6.07 Å². The molecule has 0 aliphatic carbocycles. The summed E-state index contributed by atoms with van der Waals surface area (Å²) in [6, 6.07) is 4.65. The van der Waals surface area contributed by atoms with Crippen molar-refractivity contribution >= 4 is 12.2 Å². The normalized spacial score (nSPS) is 17.9. The van der Waals surface area contributed by atoms with Gasteiger partial charge in [0.2, 0.25) is 0 Å². The molecule has 1 heterocycles. The van der Waals surface area contributed by atoms with Gasteiger partial charge in [-0.3, -0.25) is 4.79 Å². The Morgan fingerprint density at radius 3 is 2.76 bits per heavy atom. The average Bonchev–Trinajstić information content (AvgIpc) is 2.34.